The Balaban J connectivity index is 2.19. The van der Waals surface area contributed by atoms with Crippen molar-refractivity contribution in [3.05, 3.63) is 56.2 Å². The molecule has 0 aliphatic carbocycles. The summed E-state index contributed by atoms with van der Waals surface area (Å²) in [7, 11) is 0. The van der Waals surface area contributed by atoms with Crippen LogP contribution in [0.5, 0.6) is 0 Å². The first-order chi connectivity index (χ1) is 8.70. The fourth-order valence-electron chi connectivity index (χ4n) is 1.96. The van der Waals surface area contributed by atoms with E-state index < -0.39 is 0 Å². The fraction of sp³-hybridized carbons (Fsp3) is 0.286. The van der Waals surface area contributed by atoms with Crippen LogP contribution < -0.4 is 5.32 Å². The maximum atomic E-state index is 6.21. The lowest BCUT2D eigenvalue weighted by Gasteiger charge is -2.17. The molecule has 1 aromatic heterocycles. The van der Waals surface area contributed by atoms with Gasteiger partial charge in [-0.15, -0.1) is 11.3 Å². The first-order valence-corrected chi connectivity index (χ1v) is 7.55. The third kappa shape index (κ3) is 3.48. The van der Waals surface area contributed by atoms with Gasteiger partial charge in [0.25, 0.3) is 0 Å². The van der Waals surface area contributed by atoms with Crippen LogP contribution in [0.2, 0.25) is 10.0 Å². The second-order valence-corrected chi connectivity index (χ2v) is 5.87. The topological polar surface area (TPSA) is 12.0 Å². The second kappa shape index (κ2) is 6.58. The van der Waals surface area contributed by atoms with Crippen molar-refractivity contribution in [2.45, 2.75) is 19.4 Å². The lowest BCUT2D eigenvalue weighted by molar-refractivity contribution is 0.558. The zero-order valence-electron chi connectivity index (χ0n) is 10.1. The van der Waals surface area contributed by atoms with Crippen molar-refractivity contribution >= 4 is 34.5 Å². The van der Waals surface area contributed by atoms with Crippen LogP contribution in [0.3, 0.4) is 0 Å². The number of hydrogen-bond donors (Lipinski definition) is 1. The molecule has 0 bridgehead atoms. The highest BCUT2D eigenvalue weighted by Gasteiger charge is 2.15. The Hall–Kier alpha value is -0.540. The molecule has 0 fully saturated rings. The van der Waals surface area contributed by atoms with Gasteiger partial charge in [-0.25, -0.2) is 0 Å². The SMILES string of the molecule is CCNC(Cc1cccc(Cl)c1)c1sccc1Cl. The van der Waals surface area contributed by atoms with Crippen molar-refractivity contribution in [1.29, 1.82) is 0 Å². The van der Waals surface area contributed by atoms with E-state index in [2.05, 4.69) is 18.3 Å². The van der Waals surface area contributed by atoms with Gasteiger partial charge in [-0.3, -0.25) is 0 Å². The van der Waals surface area contributed by atoms with Crippen molar-refractivity contribution in [2.24, 2.45) is 0 Å². The highest BCUT2D eigenvalue weighted by molar-refractivity contribution is 7.10. The van der Waals surface area contributed by atoms with Gasteiger partial charge in [0.2, 0.25) is 0 Å². The maximum Gasteiger partial charge on any atom is 0.0561 e. The molecule has 1 heterocycles. The van der Waals surface area contributed by atoms with Gasteiger partial charge in [-0.05, 0) is 42.1 Å². The Kier molecular flexibility index (Phi) is 5.07. The summed E-state index contributed by atoms with van der Waals surface area (Å²) < 4.78 is 0. The second-order valence-electron chi connectivity index (χ2n) is 4.08. The van der Waals surface area contributed by atoms with Crippen LogP contribution in [0.15, 0.2) is 35.7 Å². The van der Waals surface area contributed by atoms with E-state index in [0.29, 0.717) is 0 Å². The van der Waals surface area contributed by atoms with Crippen LogP contribution in [0.25, 0.3) is 0 Å². The number of halogens is 2. The average molecular weight is 300 g/mol. The van der Waals surface area contributed by atoms with Crippen LogP contribution in [0, 0.1) is 0 Å². The monoisotopic (exact) mass is 299 g/mol. The van der Waals surface area contributed by atoms with Gasteiger partial charge in [0.05, 0.1) is 5.02 Å². The molecular weight excluding hydrogens is 285 g/mol. The third-order valence-electron chi connectivity index (χ3n) is 2.74. The van der Waals surface area contributed by atoms with Gasteiger partial charge >= 0.3 is 0 Å². The molecule has 0 spiro atoms. The molecule has 0 radical (unpaired) electrons. The summed E-state index contributed by atoms with van der Waals surface area (Å²) in [4.78, 5) is 1.19. The molecule has 1 unspecified atom stereocenters. The van der Waals surface area contributed by atoms with Gasteiger partial charge < -0.3 is 5.32 Å². The van der Waals surface area contributed by atoms with Gasteiger partial charge in [0.1, 0.15) is 0 Å². The minimum Gasteiger partial charge on any atom is -0.309 e. The zero-order valence-corrected chi connectivity index (χ0v) is 12.4. The first-order valence-electron chi connectivity index (χ1n) is 5.91. The van der Waals surface area contributed by atoms with Crippen molar-refractivity contribution in [3.63, 3.8) is 0 Å². The summed E-state index contributed by atoms with van der Waals surface area (Å²) in [6.07, 6.45) is 0.897. The summed E-state index contributed by atoms with van der Waals surface area (Å²) in [5.41, 5.74) is 1.22. The van der Waals surface area contributed by atoms with Crippen molar-refractivity contribution < 1.29 is 0 Å². The zero-order chi connectivity index (χ0) is 13.0. The largest absolute Gasteiger partial charge is 0.309 e. The van der Waals surface area contributed by atoms with E-state index in [0.717, 1.165) is 23.0 Å². The summed E-state index contributed by atoms with van der Waals surface area (Å²) in [5, 5.41) is 7.12. The van der Waals surface area contributed by atoms with Gasteiger partial charge in [-0.1, -0.05) is 42.3 Å². The van der Waals surface area contributed by atoms with Gasteiger partial charge in [0, 0.05) is 15.9 Å². The van der Waals surface area contributed by atoms with E-state index in [1.54, 1.807) is 11.3 Å². The molecule has 4 heteroatoms. The van der Waals surface area contributed by atoms with Crippen LogP contribution >= 0.6 is 34.5 Å². The number of likely N-dealkylation sites (N-methyl/N-ethyl adjacent to an activating group) is 1. The van der Waals surface area contributed by atoms with Crippen molar-refractivity contribution in [1.82, 2.24) is 5.32 Å². The number of benzene rings is 1. The number of thiophene rings is 1. The predicted molar refractivity (Wildman–Crippen MR) is 80.9 cm³/mol. The summed E-state index contributed by atoms with van der Waals surface area (Å²) in [6.45, 7) is 3.02. The average Bonchev–Trinajstić information content (AvgIpc) is 2.75. The normalized spacial score (nSPS) is 12.6. The van der Waals surface area contributed by atoms with Crippen molar-refractivity contribution in [2.75, 3.05) is 6.54 Å². The third-order valence-corrected chi connectivity index (χ3v) is 4.45. The predicted octanol–water partition coefficient (Wildman–Crippen LogP) is 4.95. The van der Waals surface area contributed by atoms with E-state index in [1.807, 2.05) is 29.6 Å². The Morgan fingerprint density at radius 2 is 2.11 bits per heavy atom. The van der Waals surface area contributed by atoms with E-state index in [1.165, 1.54) is 10.4 Å². The molecule has 1 atom stereocenters. The van der Waals surface area contributed by atoms with Gasteiger partial charge in [0.15, 0.2) is 0 Å². The van der Waals surface area contributed by atoms with E-state index >= 15 is 0 Å². The molecule has 0 aliphatic heterocycles. The molecule has 0 amide bonds. The standard InChI is InChI=1S/C14H15Cl2NS/c1-2-17-13(14-12(16)6-7-18-14)9-10-4-3-5-11(15)8-10/h3-8,13,17H,2,9H2,1H3. The molecule has 0 saturated carbocycles. The maximum absolute atomic E-state index is 6.21. The molecule has 0 aliphatic rings. The van der Waals surface area contributed by atoms with Crippen molar-refractivity contribution in [3.8, 4) is 0 Å². The number of nitrogens with one attached hydrogen (secondary N) is 1. The Bertz CT molecular complexity index is 510. The molecular formula is C14H15Cl2NS. The molecule has 2 aromatic rings. The van der Waals surface area contributed by atoms with Gasteiger partial charge in [-0.2, -0.15) is 0 Å². The minimum absolute atomic E-state index is 0.251. The molecule has 1 nitrogen and oxygen atoms in total. The highest BCUT2D eigenvalue weighted by atomic mass is 35.5. The minimum atomic E-state index is 0.251. The Labute approximate surface area is 122 Å². The smallest absolute Gasteiger partial charge is 0.0561 e. The number of rotatable bonds is 5. The summed E-state index contributed by atoms with van der Waals surface area (Å²) in [6, 6.07) is 10.2. The van der Waals surface area contributed by atoms with E-state index in [9.17, 15) is 0 Å². The summed E-state index contributed by atoms with van der Waals surface area (Å²) in [5.74, 6) is 0. The quantitative estimate of drug-likeness (QED) is 0.824. The molecule has 18 heavy (non-hydrogen) atoms. The van der Waals surface area contributed by atoms with Crippen LogP contribution in [-0.2, 0) is 6.42 Å². The van der Waals surface area contributed by atoms with Crippen LogP contribution in [-0.4, -0.2) is 6.54 Å². The summed E-state index contributed by atoms with van der Waals surface area (Å²) >= 11 is 13.9. The van der Waals surface area contributed by atoms with Crippen LogP contribution in [0.4, 0.5) is 0 Å². The molecule has 96 valence electrons. The Morgan fingerprint density at radius 1 is 1.28 bits per heavy atom. The Morgan fingerprint density at radius 3 is 2.72 bits per heavy atom. The lowest BCUT2D eigenvalue weighted by Crippen LogP contribution is -2.22. The molecule has 2 rings (SSSR count). The van der Waals surface area contributed by atoms with E-state index in [4.69, 9.17) is 23.2 Å². The molecule has 0 saturated heterocycles. The first kappa shape index (κ1) is 13.9. The molecule has 1 aromatic carbocycles. The fourth-order valence-corrected chi connectivity index (χ4v) is 3.44. The number of hydrogen-bond acceptors (Lipinski definition) is 2. The lowest BCUT2D eigenvalue weighted by atomic mass is 10.0. The van der Waals surface area contributed by atoms with E-state index in [-0.39, 0.29) is 6.04 Å². The molecule has 1 N–H and O–H groups in total. The van der Waals surface area contributed by atoms with Crippen LogP contribution in [0.1, 0.15) is 23.4 Å². The highest BCUT2D eigenvalue weighted by Crippen LogP contribution is 2.31.